The Labute approximate surface area is 219 Å². The van der Waals surface area contributed by atoms with Crippen LogP contribution in [0.2, 0.25) is 0 Å². The molecule has 2 aromatic rings. The minimum atomic E-state index is -1.28. The summed E-state index contributed by atoms with van der Waals surface area (Å²) in [5, 5.41) is 7.77. The lowest BCUT2D eigenvalue weighted by atomic mass is 10.0. The number of aryl methyl sites for hydroxylation is 1. The van der Waals surface area contributed by atoms with Gasteiger partial charge in [0, 0.05) is 26.2 Å². The first kappa shape index (κ1) is 29.9. The van der Waals surface area contributed by atoms with Crippen molar-refractivity contribution < 1.29 is 28.7 Å². The van der Waals surface area contributed by atoms with Crippen LogP contribution in [-0.2, 0) is 37.5 Å². The van der Waals surface area contributed by atoms with Crippen molar-refractivity contribution >= 4 is 35.2 Å². The minimum Gasteiger partial charge on any atom is -0.463 e. The van der Waals surface area contributed by atoms with E-state index in [9.17, 15) is 28.8 Å². The van der Waals surface area contributed by atoms with Crippen LogP contribution in [0.15, 0.2) is 35.6 Å². The minimum absolute atomic E-state index is 0.121. The molecule has 0 unspecified atom stereocenters. The highest BCUT2D eigenvalue weighted by Crippen LogP contribution is 2.08. The van der Waals surface area contributed by atoms with E-state index in [-0.39, 0.29) is 36.7 Å². The van der Waals surface area contributed by atoms with Crippen molar-refractivity contribution in [3.8, 4) is 0 Å². The second-order valence-electron chi connectivity index (χ2n) is 8.70. The molecule has 0 aliphatic heterocycles. The van der Waals surface area contributed by atoms with Crippen LogP contribution in [0.3, 0.4) is 0 Å². The van der Waals surface area contributed by atoms with Gasteiger partial charge >= 0.3 is 5.97 Å². The molecule has 0 aromatic carbocycles. The van der Waals surface area contributed by atoms with Crippen LogP contribution in [0.1, 0.15) is 50.0 Å². The number of carbonyl (C=O) groups excluding carboxylic acids is 5. The Morgan fingerprint density at radius 1 is 1.13 bits per heavy atom. The Morgan fingerprint density at radius 2 is 1.84 bits per heavy atom. The van der Waals surface area contributed by atoms with Crippen molar-refractivity contribution in [2.24, 2.45) is 13.0 Å². The largest absolute Gasteiger partial charge is 0.463 e. The average molecular weight is 531 g/mol. The van der Waals surface area contributed by atoms with Gasteiger partial charge in [-0.25, -0.2) is 9.78 Å². The fourth-order valence-corrected chi connectivity index (χ4v) is 3.59. The zero-order valence-corrected chi connectivity index (χ0v) is 22.0. The van der Waals surface area contributed by atoms with Gasteiger partial charge in [-0.3, -0.25) is 24.0 Å². The van der Waals surface area contributed by atoms with Gasteiger partial charge in [0.2, 0.25) is 17.6 Å². The van der Waals surface area contributed by atoms with Gasteiger partial charge in [-0.05, 0) is 24.5 Å². The van der Waals surface area contributed by atoms with Gasteiger partial charge in [0.1, 0.15) is 24.0 Å². The number of amides is 3. The highest BCUT2D eigenvalue weighted by molar-refractivity contribution is 6.33. The summed E-state index contributed by atoms with van der Waals surface area (Å²) in [6, 6.07) is 1.58. The number of nitrogens with one attached hydrogen (secondary N) is 3. The standard InChI is InChI=1S/C25H34N6O7/c1-5-16(6-2)12-27-21(33)14-31-11-7-8-18(24(31)36)29-22(34)17(9-10-20(32)25(37)38-4)28-23(35)19-13-26-15-30(19)3/h7-8,11,13,15-17H,5-6,9-10,12,14H2,1-4H3,(H,27,33)(H,28,35)(H,29,34)/t17-/m0/s1. The summed E-state index contributed by atoms with van der Waals surface area (Å²) in [5.74, 6) is -3.38. The smallest absolute Gasteiger partial charge is 0.374 e. The summed E-state index contributed by atoms with van der Waals surface area (Å²) >= 11 is 0. The molecule has 2 heterocycles. The predicted octanol–water partition coefficient (Wildman–Crippen LogP) is 0.394. The van der Waals surface area contributed by atoms with E-state index in [2.05, 4.69) is 25.7 Å². The number of ketones is 1. The molecule has 0 spiro atoms. The topological polar surface area (TPSA) is 170 Å². The lowest BCUT2D eigenvalue weighted by molar-refractivity contribution is -0.151. The second kappa shape index (κ2) is 14.4. The predicted molar refractivity (Wildman–Crippen MR) is 137 cm³/mol. The molecule has 0 aliphatic rings. The monoisotopic (exact) mass is 530 g/mol. The molecule has 38 heavy (non-hydrogen) atoms. The number of esters is 1. The average Bonchev–Trinajstić information content (AvgIpc) is 3.34. The SMILES string of the molecule is CCC(CC)CNC(=O)Cn1cccc(NC(=O)[C@H](CCC(=O)C(=O)OC)NC(=O)c2cncn2C)c1=O. The molecule has 0 radical (unpaired) electrons. The molecule has 0 bridgehead atoms. The van der Waals surface area contributed by atoms with Crippen molar-refractivity contribution in [3.63, 3.8) is 0 Å². The summed E-state index contributed by atoms with van der Waals surface area (Å²) < 4.78 is 6.99. The molecule has 3 amide bonds. The number of imidazole rings is 1. The molecular formula is C25H34N6O7. The molecule has 0 saturated heterocycles. The first-order chi connectivity index (χ1) is 18.1. The van der Waals surface area contributed by atoms with E-state index in [1.165, 1.54) is 35.4 Å². The molecule has 3 N–H and O–H groups in total. The van der Waals surface area contributed by atoms with E-state index in [4.69, 9.17) is 0 Å². The van der Waals surface area contributed by atoms with E-state index in [0.29, 0.717) is 12.5 Å². The van der Waals surface area contributed by atoms with E-state index in [0.717, 1.165) is 24.5 Å². The maximum atomic E-state index is 13.1. The quantitative estimate of drug-likeness (QED) is 0.233. The number of hydrogen-bond acceptors (Lipinski definition) is 8. The summed E-state index contributed by atoms with van der Waals surface area (Å²) in [4.78, 5) is 78.3. The van der Waals surface area contributed by atoms with Crippen LogP contribution in [0, 0.1) is 5.92 Å². The third kappa shape index (κ3) is 8.39. The van der Waals surface area contributed by atoms with Crippen LogP contribution >= 0.6 is 0 Å². The summed E-state index contributed by atoms with van der Waals surface area (Å²) in [6.45, 7) is 4.33. The lowest BCUT2D eigenvalue weighted by Gasteiger charge is -2.18. The summed E-state index contributed by atoms with van der Waals surface area (Å²) in [5.41, 5.74) is -0.589. The second-order valence-corrected chi connectivity index (χ2v) is 8.70. The van der Waals surface area contributed by atoms with Gasteiger partial charge in [-0.15, -0.1) is 0 Å². The van der Waals surface area contributed by atoms with Crippen molar-refractivity contribution in [1.29, 1.82) is 0 Å². The molecule has 2 rings (SSSR count). The normalized spacial score (nSPS) is 11.5. The van der Waals surface area contributed by atoms with Gasteiger partial charge in [0.25, 0.3) is 11.5 Å². The summed E-state index contributed by atoms with van der Waals surface area (Å²) in [7, 11) is 2.65. The number of methoxy groups -OCH3 is 1. The molecule has 13 heteroatoms. The third-order valence-corrected chi connectivity index (χ3v) is 6.08. The molecule has 1 atom stereocenters. The van der Waals surface area contributed by atoms with Crippen molar-refractivity contribution in [3.05, 3.63) is 46.9 Å². The Morgan fingerprint density at radius 3 is 2.45 bits per heavy atom. The number of aromatic nitrogens is 3. The van der Waals surface area contributed by atoms with Crippen LogP contribution < -0.4 is 21.5 Å². The lowest BCUT2D eigenvalue weighted by Crippen LogP contribution is -2.45. The first-order valence-corrected chi connectivity index (χ1v) is 12.3. The van der Waals surface area contributed by atoms with Crippen LogP contribution in [0.4, 0.5) is 5.69 Å². The maximum absolute atomic E-state index is 13.1. The van der Waals surface area contributed by atoms with E-state index < -0.39 is 35.2 Å². The highest BCUT2D eigenvalue weighted by atomic mass is 16.5. The fourth-order valence-electron chi connectivity index (χ4n) is 3.59. The van der Waals surface area contributed by atoms with Crippen molar-refractivity contribution in [1.82, 2.24) is 24.8 Å². The van der Waals surface area contributed by atoms with Gasteiger partial charge in [0.15, 0.2) is 0 Å². The molecule has 206 valence electrons. The van der Waals surface area contributed by atoms with Crippen LogP contribution in [0.25, 0.3) is 0 Å². The number of nitrogens with zero attached hydrogens (tertiary/aromatic N) is 3. The number of anilines is 1. The Bertz CT molecular complexity index is 1210. The van der Waals surface area contributed by atoms with E-state index in [1.807, 2.05) is 13.8 Å². The third-order valence-electron chi connectivity index (χ3n) is 6.08. The maximum Gasteiger partial charge on any atom is 0.374 e. The fraction of sp³-hybridized carbons (Fsp3) is 0.480. The van der Waals surface area contributed by atoms with Gasteiger partial charge in [-0.2, -0.15) is 0 Å². The summed E-state index contributed by atoms with van der Waals surface area (Å²) in [6.07, 6.45) is 5.34. The number of carbonyl (C=O) groups is 5. The van der Waals surface area contributed by atoms with E-state index in [1.54, 1.807) is 7.05 Å². The van der Waals surface area contributed by atoms with Crippen molar-refractivity contribution in [2.75, 3.05) is 19.0 Å². The molecule has 13 nitrogen and oxygen atoms in total. The molecule has 0 fully saturated rings. The number of Topliss-reactive ketones (excluding diaryl/α,β-unsaturated/α-hetero) is 1. The molecular weight excluding hydrogens is 496 g/mol. The molecule has 0 aliphatic carbocycles. The number of ether oxygens (including phenoxy) is 1. The van der Waals surface area contributed by atoms with Gasteiger partial charge < -0.3 is 29.8 Å². The van der Waals surface area contributed by atoms with Gasteiger partial charge in [0.05, 0.1) is 19.6 Å². The first-order valence-electron chi connectivity index (χ1n) is 12.3. The number of rotatable bonds is 14. The Balaban J connectivity index is 2.16. The zero-order chi connectivity index (χ0) is 28.2. The highest BCUT2D eigenvalue weighted by Gasteiger charge is 2.26. The Hall–Kier alpha value is -4.29. The number of hydrogen-bond donors (Lipinski definition) is 3. The number of pyridine rings is 1. The Kier molecular flexibility index (Phi) is 11.4. The van der Waals surface area contributed by atoms with Crippen LogP contribution in [-0.4, -0.2) is 63.3 Å². The van der Waals surface area contributed by atoms with E-state index >= 15 is 0 Å². The van der Waals surface area contributed by atoms with Crippen molar-refractivity contribution in [2.45, 2.75) is 52.1 Å². The molecule has 0 saturated carbocycles. The van der Waals surface area contributed by atoms with Crippen LogP contribution in [0.5, 0.6) is 0 Å². The zero-order valence-electron chi connectivity index (χ0n) is 22.0. The molecule has 2 aromatic heterocycles. The van der Waals surface area contributed by atoms with Gasteiger partial charge in [-0.1, -0.05) is 26.7 Å².